The molecule has 4 nitrogen and oxygen atoms in total. The number of nitrogens with zero attached hydrogens (tertiary/aromatic N) is 1. The Bertz CT molecular complexity index is 614. The van der Waals surface area contributed by atoms with E-state index in [0.717, 1.165) is 0 Å². The molecule has 0 fully saturated rings. The molecular formula is C15H14FNO3. The predicted molar refractivity (Wildman–Crippen MR) is 73.1 cm³/mol. The van der Waals surface area contributed by atoms with Crippen LogP contribution in [-0.4, -0.2) is 18.5 Å². The summed E-state index contributed by atoms with van der Waals surface area (Å²) in [6, 6.07) is 11.5. The quantitative estimate of drug-likeness (QED) is 0.518. The highest BCUT2D eigenvalue weighted by Crippen LogP contribution is 2.28. The van der Waals surface area contributed by atoms with Crippen molar-refractivity contribution in [1.82, 2.24) is 0 Å². The lowest BCUT2D eigenvalue weighted by Crippen LogP contribution is -2.00. The standard InChI is InChI=1S/C15H14FNO3/c1-19-14-7-6-11(9-17-18)8-15(14)20-10-12-4-2-3-5-13(12)16/h2-9,18H,10H2,1H3/b17-9-. The van der Waals surface area contributed by atoms with Gasteiger partial charge in [0, 0.05) is 11.1 Å². The van der Waals surface area contributed by atoms with Gasteiger partial charge in [-0.3, -0.25) is 0 Å². The van der Waals surface area contributed by atoms with Gasteiger partial charge in [-0.05, 0) is 24.3 Å². The van der Waals surface area contributed by atoms with Gasteiger partial charge in [-0.1, -0.05) is 23.4 Å². The molecule has 0 saturated carbocycles. The fourth-order valence-corrected chi connectivity index (χ4v) is 1.72. The summed E-state index contributed by atoms with van der Waals surface area (Å²) in [4.78, 5) is 0. The molecule has 5 heteroatoms. The normalized spacial score (nSPS) is 10.7. The topological polar surface area (TPSA) is 51.0 Å². The van der Waals surface area contributed by atoms with E-state index in [2.05, 4.69) is 5.16 Å². The summed E-state index contributed by atoms with van der Waals surface area (Å²) < 4.78 is 24.3. The number of hydrogen-bond acceptors (Lipinski definition) is 4. The number of hydrogen-bond donors (Lipinski definition) is 1. The van der Waals surface area contributed by atoms with Crippen LogP contribution in [0.15, 0.2) is 47.6 Å². The highest BCUT2D eigenvalue weighted by Gasteiger charge is 2.07. The molecule has 0 saturated heterocycles. The molecule has 0 aliphatic rings. The zero-order chi connectivity index (χ0) is 14.4. The number of halogens is 1. The monoisotopic (exact) mass is 275 g/mol. The lowest BCUT2D eigenvalue weighted by molar-refractivity contribution is 0.279. The van der Waals surface area contributed by atoms with Gasteiger partial charge >= 0.3 is 0 Å². The third-order valence-corrected chi connectivity index (χ3v) is 2.74. The maximum atomic E-state index is 13.5. The summed E-state index contributed by atoms with van der Waals surface area (Å²) in [7, 11) is 1.52. The van der Waals surface area contributed by atoms with Gasteiger partial charge in [0.15, 0.2) is 11.5 Å². The molecule has 0 atom stereocenters. The van der Waals surface area contributed by atoms with Gasteiger partial charge in [0.2, 0.25) is 0 Å². The van der Waals surface area contributed by atoms with E-state index in [-0.39, 0.29) is 12.4 Å². The van der Waals surface area contributed by atoms with Crippen LogP contribution < -0.4 is 9.47 Å². The Morgan fingerprint density at radius 1 is 1.20 bits per heavy atom. The maximum absolute atomic E-state index is 13.5. The van der Waals surface area contributed by atoms with E-state index in [1.54, 1.807) is 36.4 Å². The van der Waals surface area contributed by atoms with Crippen LogP contribution in [-0.2, 0) is 6.61 Å². The molecule has 1 N–H and O–H groups in total. The summed E-state index contributed by atoms with van der Waals surface area (Å²) in [5, 5.41) is 11.5. The minimum Gasteiger partial charge on any atom is -0.493 e. The molecule has 0 radical (unpaired) electrons. The van der Waals surface area contributed by atoms with Gasteiger partial charge in [-0.15, -0.1) is 0 Å². The molecule has 0 heterocycles. The smallest absolute Gasteiger partial charge is 0.162 e. The van der Waals surface area contributed by atoms with Crippen LogP contribution in [0.1, 0.15) is 11.1 Å². The van der Waals surface area contributed by atoms with Crippen molar-refractivity contribution in [3.05, 3.63) is 59.4 Å². The van der Waals surface area contributed by atoms with E-state index >= 15 is 0 Å². The van der Waals surface area contributed by atoms with E-state index < -0.39 is 0 Å². The molecule has 0 aliphatic carbocycles. The lowest BCUT2D eigenvalue weighted by Gasteiger charge is -2.11. The molecule has 2 aromatic carbocycles. The Hall–Kier alpha value is -2.56. The number of methoxy groups -OCH3 is 1. The average molecular weight is 275 g/mol. The van der Waals surface area contributed by atoms with Gasteiger partial charge in [0.25, 0.3) is 0 Å². The first-order valence-corrected chi connectivity index (χ1v) is 5.96. The Kier molecular flexibility index (Phi) is 4.55. The van der Waals surface area contributed by atoms with Crippen LogP contribution in [0.2, 0.25) is 0 Å². The van der Waals surface area contributed by atoms with E-state index in [4.69, 9.17) is 14.7 Å². The Balaban J connectivity index is 2.19. The highest BCUT2D eigenvalue weighted by atomic mass is 19.1. The van der Waals surface area contributed by atoms with Crippen LogP contribution in [0.5, 0.6) is 11.5 Å². The summed E-state index contributed by atoms with van der Waals surface area (Å²) in [6.07, 6.45) is 1.27. The molecular weight excluding hydrogens is 261 g/mol. The van der Waals surface area contributed by atoms with Crippen molar-refractivity contribution in [2.45, 2.75) is 6.61 Å². The van der Waals surface area contributed by atoms with E-state index in [0.29, 0.717) is 22.6 Å². The number of rotatable bonds is 5. The van der Waals surface area contributed by atoms with Gasteiger partial charge in [-0.25, -0.2) is 4.39 Å². The zero-order valence-electron chi connectivity index (χ0n) is 10.9. The average Bonchev–Trinajstić information content (AvgIpc) is 2.47. The Morgan fingerprint density at radius 3 is 2.70 bits per heavy atom. The fraction of sp³-hybridized carbons (Fsp3) is 0.133. The predicted octanol–water partition coefficient (Wildman–Crippen LogP) is 3.22. The largest absolute Gasteiger partial charge is 0.493 e. The fourth-order valence-electron chi connectivity index (χ4n) is 1.72. The lowest BCUT2D eigenvalue weighted by atomic mass is 10.2. The highest BCUT2D eigenvalue weighted by molar-refractivity contribution is 5.80. The molecule has 2 rings (SSSR count). The van der Waals surface area contributed by atoms with Crippen LogP contribution in [0.3, 0.4) is 0 Å². The van der Waals surface area contributed by atoms with Gasteiger partial charge in [-0.2, -0.15) is 0 Å². The summed E-state index contributed by atoms with van der Waals surface area (Å²) in [5.41, 5.74) is 1.10. The second-order valence-electron chi connectivity index (χ2n) is 4.03. The van der Waals surface area contributed by atoms with Crippen molar-refractivity contribution in [3.63, 3.8) is 0 Å². The van der Waals surface area contributed by atoms with Crippen molar-refractivity contribution in [3.8, 4) is 11.5 Å². The van der Waals surface area contributed by atoms with Crippen LogP contribution in [0.4, 0.5) is 4.39 Å². The van der Waals surface area contributed by atoms with Crippen LogP contribution in [0.25, 0.3) is 0 Å². The first kappa shape index (κ1) is 13.9. The molecule has 0 amide bonds. The molecule has 0 unspecified atom stereocenters. The Labute approximate surface area is 116 Å². The van der Waals surface area contributed by atoms with E-state index in [1.165, 1.54) is 19.4 Å². The Morgan fingerprint density at radius 2 is 2.00 bits per heavy atom. The molecule has 0 aliphatic heterocycles. The molecule has 0 spiro atoms. The molecule has 20 heavy (non-hydrogen) atoms. The second kappa shape index (κ2) is 6.56. The molecule has 2 aromatic rings. The summed E-state index contributed by atoms with van der Waals surface area (Å²) in [6.45, 7) is 0.0861. The third-order valence-electron chi connectivity index (χ3n) is 2.74. The van der Waals surface area contributed by atoms with Crippen molar-refractivity contribution in [1.29, 1.82) is 0 Å². The van der Waals surface area contributed by atoms with Gasteiger partial charge in [0.1, 0.15) is 12.4 Å². The van der Waals surface area contributed by atoms with Gasteiger partial charge in [0.05, 0.1) is 13.3 Å². The minimum atomic E-state index is -0.320. The number of oxime groups is 1. The van der Waals surface area contributed by atoms with E-state index in [9.17, 15) is 4.39 Å². The minimum absolute atomic E-state index is 0.0861. The van der Waals surface area contributed by atoms with Crippen LogP contribution in [0, 0.1) is 5.82 Å². The molecule has 104 valence electrons. The maximum Gasteiger partial charge on any atom is 0.162 e. The number of ether oxygens (including phenoxy) is 2. The van der Waals surface area contributed by atoms with Crippen LogP contribution >= 0.6 is 0 Å². The first-order valence-electron chi connectivity index (χ1n) is 5.96. The first-order chi connectivity index (χ1) is 9.74. The third kappa shape index (κ3) is 3.26. The van der Waals surface area contributed by atoms with Crippen molar-refractivity contribution in [2.75, 3.05) is 7.11 Å². The molecule has 0 bridgehead atoms. The second-order valence-corrected chi connectivity index (χ2v) is 4.03. The zero-order valence-corrected chi connectivity index (χ0v) is 10.9. The van der Waals surface area contributed by atoms with Crippen molar-refractivity contribution >= 4 is 6.21 Å². The molecule has 0 aromatic heterocycles. The van der Waals surface area contributed by atoms with Crippen molar-refractivity contribution < 1.29 is 19.1 Å². The number of benzene rings is 2. The SMILES string of the molecule is COc1ccc(/C=N\O)cc1OCc1ccccc1F. The summed E-state index contributed by atoms with van der Waals surface area (Å²) in [5.74, 6) is 0.657. The van der Waals surface area contributed by atoms with Gasteiger partial charge < -0.3 is 14.7 Å². The summed E-state index contributed by atoms with van der Waals surface area (Å²) >= 11 is 0. The van der Waals surface area contributed by atoms with E-state index in [1.807, 2.05) is 0 Å². The van der Waals surface area contributed by atoms with Crippen molar-refractivity contribution in [2.24, 2.45) is 5.16 Å².